The van der Waals surface area contributed by atoms with Crippen LogP contribution in [-0.4, -0.2) is 13.1 Å². The third-order valence-electron chi connectivity index (χ3n) is 1.65. The van der Waals surface area contributed by atoms with Crippen LogP contribution in [-0.2, 0) is 9.53 Å². The molecule has 0 bridgehead atoms. The molecule has 0 aliphatic heterocycles. The van der Waals surface area contributed by atoms with Crippen LogP contribution >= 0.6 is 11.6 Å². The summed E-state index contributed by atoms with van der Waals surface area (Å²) in [6.07, 6.45) is 1.65. The van der Waals surface area contributed by atoms with Crippen molar-refractivity contribution in [2.24, 2.45) is 0 Å². The highest BCUT2D eigenvalue weighted by atomic mass is 35.5. The van der Waals surface area contributed by atoms with Gasteiger partial charge >= 0.3 is 0 Å². The Labute approximate surface area is 92.6 Å². The largest absolute Gasteiger partial charge is 0.468 e. The summed E-state index contributed by atoms with van der Waals surface area (Å²) in [6.45, 7) is 2.66. The summed E-state index contributed by atoms with van der Waals surface area (Å²) < 4.78 is 9.27. The van der Waals surface area contributed by atoms with Gasteiger partial charge in [-0.15, -0.1) is 0 Å². The van der Waals surface area contributed by atoms with E-state index in [1.807, 2.05) is 24.3 Å². The fourth-order valence-corrected chi connectivity index (χ4v) is 1.19. The normalized spacial score (nSPS) is 9.20. The molecule has 0 N–H and O–H groups in total. The molecule has 0 saturated heterocycles. The molecule has 1 aromatic carbocycles. The van der Waals surface area contributed by atoms with Crippen LogP contribution < -0.4 is 0 Å². The number of hydrogen-bond donors (Lipinski definition) is 0. The Morgan fingerprint density at radius 2 is 2.27 bits per heavy atom. The van der Waals surface area contributed by atoms with E-state index in [0.29, 0.717) is 13.1 Å². The highest BCUT2D eigenvalue weighted by molar-refractivity contribution is 6.31. The number of fused-ring (bicyclic) bond motifs is 1. The number of rotatable bonds is 2. The van der Waals surface area contributed by atoms with E-state index < -0.39 is 0 Å². The van der Waals surface area contributed by atoms with E-state index in [1.54, 1.807) is 13.2 Å². The van der Waals surface area contributed by atoms with Crippen molar-refractivity contribution >= 4 is 29.0 Å². The minimum absolute atomic E-state index is 0.431. The Morgan fingerprint density at radius 3 is 2.87 bits per heavy atom. The molecule has 0 unspecified atom stereocenters. The fraction of sp³-hybridized carbons (Fsp3) is 0.182. The van der Waals surface area contributed by atoms with Crippen LogP contribution in [0.5, 0.6) is 0 Å². The SMILES string of the molecule is CCOC=O.Clc1ccc2occc2c1. The smallest absolute Gasteiger partial charge is 0.293 e. The molecule has 4 heteroatoms. The monoisotopic (exact) mass is 226 g/mol. The number of hydrogen-bond acceptors (Lipinski definition) is 3. The molecular weight excluding hydrogens is 216 g/mol. The maximum absolute atomic E-state index is 9.18. The van der Waals surface area contributed by atoms with Crippen LogP contribution in [0.4, 0.5) is 0 Å². The Morgan fingerprint density at radius 1 is 1.47 bits per heavy atom. The second-order valence-corrected chi connectivity index (χ2v) is 3.09. The number of benzene rings is 1. The van der Waals surface area contributed by atoms with Gasteiger partial charge < -0.3 is 9.15 Å². The Kier molecular flexibility index (Phi) is 4.71. The van der Waals surface area contributed by atoms with Gasteiger partial charge in [0.1, 0.15) is 5.58 Å². The van der Waals surface area contributed by atoms with Crippen molar-refractivity contribution in [1.29, 1.82) is 0 Å². The molecular formula is C11H11ClO3. The highest BCUT2D eigenvalue weighted by Crippen LogP contribution is 2.19. The second-order valence-electron chi connectivity index (χ2n) is 2.65. The molecule has 0 saturated carbocycles. The highest BCUT2D eigenvalue weighted by Gasteiger charge is 1.94. The van der Waals surface area contributed by atoms with Gasteiger partial charge in [0, 0.05) is 10.4 Å². The standard InChI is InChI=1S/C8H5ClO.C3H6O2/c9-7-1-2-8-6(5-7)3-4-10-8;1-2-5-3-4/h1-5H;3H,2H2,1H3. The van der Waals surface area contributed by atoms with Gasteiger partial charge in [-0.25, -0.2) is 0 Å². The summed E-state index contributed by atoms with van der Waals surface area (Å²) in [4.78, 5) is 9.18. The van der Waals surface area contributed by atoms with Gasteiger partial charge in [-0.2, -0.15) is 0 Å². The van der Waals surface area contributed by atoms with Crippen LogP contribution in [0.2, 0.25) is 5.02 Å². The maximum atomic E-state index is 9.18. The summed E-state index contributed by atoms with van der Waals surface area (Å²) in [5.74, 6) is 0. The molecule has 15 heavy (non-hydrogen) atoms. The van der Waals surface area contributed by atoms with E-state index in [-0.39, 0.29) is 0 Å². The Bertz CT molecular complexity index is 422. The molecule has 0 radical (unpaired) electrons. The molecule has 2 rings (SSSR count). The van der Waals surface area contributed by atoms with Gasteiger partial charge in [0.25, 0.3) is 6.47 Å². The number of carbonyl (C=O) groups excluding carboxylic acids is 1. The van der Waals surface area contributed by atoms with Crippen LogP contribution in [0.15, 0.2) is 34.9 Å². The molecule has 0 spiro atoms. The molecule has 1 heterocycles. The lowest BCUT2D eigenvalue weighted by Gasteiger charge is -1.87. The van der Waals surface area contributed by atoms with Crippen molar-refractivity contribution in [1.82, 2.24) is 0 Å². The molecule has 0 atom stereocenters. The van der Waals surface area contributed by atoms with E-state index >= 15 is 0 Å². The lowest BCUT2D eigenvalue weighted by molar-refractivity contribution is -0.128. The third kappa shape index (κ3) is 3.64. The number of ether oxygens (including phenoxy) is 1. The molecule has 0 amide bonds. The summed E-state index contributed by atoms with van der Waals surface area (Å²) in [5.41, 5.74) is 0.879. The van der Waals surface area contributed by atoms with E-state index in [0.717, 1.165) is 16.0 Å². The summed E-state index contributed by atoms with van der Waals surface area (Å²) in [7, 11) is 0. The van der Waals surface area contributed by atoms with E-state index in [4.69, 9.17) is 16.0 Å². The van der Waals surface area contributed by atoms with E-state index in [2.05, 4.69) is 4.74 Å². The molecule has 80 valence electrons. The lowest BCUT2D eigenvalue weighted by atomic mass is 10.3. The molecule has 2 aromatic rings. The van der Waals surface area contributed by atoms with Crippen LogP contribution in [0, 0.1) is 0 Å². The predicted molar refractivity (Wildman–Crippen MR) is 58.9 cm³/mol. The van der Waals surface area contributed by atoms with E-state index in [9.17, 15) is 4.79 Å². The van der Waals surface area contributed by atoms with Gasteiger partial charge in [-0.05, 0) is 31.2 Å². The average Bonchev–Trinajstić information content (AvgIpc) is 2.67. The first kappa shape index (κ1) is 11.6. The maximum Gasteiger partial charge on any atom is 0.293 e. The van der Waals surface area contributed by atoms with Crippen molar-refractivity contribution in [3.63, 3.8) is 0 Å². The Balaban J connectivity index is 0.000000195. The predicted octanol–water partition coefficient (Wildman–Crippen LogP) is 3.27. The quantitative estimate of drug-likeness (QED) is 0.738. The molecule has 1 aromatic heterocycles. The summed E-state index contributed by atoms with van der Waals surface area (Å²) in [6, 6.07) is 7.44. The van der Waals surface area contributed by atoms with Crippen molar-refractivity contribution in [2.75, 3.05) is 6.61 Å². The van der Waals surface area contributed by atoms with Gasteiger partial charge in [0.2, 0.25) is 0 Å². The van der Waals surface area contributed by atoms with Crippen molar-refractivity contribution < 1.29 is 13.9 Å². The number of carbonyl (C=O) groups is 1. The van der Waals surface area contributed by atoms with Crippen molar-refractivity contribution in [3.8, 4) is 0 Å². The minimum atomic E-state index is 0.431. The molecule has 3 nitrogen and oxygen atoms in total. The molecule has 0 aliphatic rings. The zero-order chi connectivity index (χ0) is 11.1. The minimum Gasteiger partial charge on any atom is -0.468 e. The van der Waals surface area contributed by atoms with Gasteiger partial charge in [0.05, 0.1) is 12.9 Å². The van der Waals surface area contributed by atoms with Gasteiger partial charge in [-0.3, -0.25) is 4.79 Å². The zero-order valence-electron chi connectivity index (χ0n) is 8.27. The topological polar surface area (TPSA) is 39.4 Å². The fourth-order valence-electron chi connectivity index (χ4n) is 1.01. The Hall–Kier alpha value is -1.48. The van der Waals surface area contributed by atoms with Crippen LogP contribution in [0.1, 0.15) is 6.92 Å². The van der Waals surface area contributed by atoms with E-state index in [1.165, 1.54) is 0 Å². The molecule has 0 aliphatic carbocycles. The first-order chi connectivity index (χ1) is 7.27. The summed E-state index contributed by atoms with van der Waals surface area (Å²) in [5, 5.41) is 1.79. The summed E-state index contributed by atoms with van der Waals surface area (Å²) >= 11 is 5.73. The third-order valence-corrected chi connectivity index (χ3v) is 1.88. The van der Waals surface area contributed by atoms with Crippen LogP contribution in [0.3, 0.4) is 0 Å². The van der Waals surface area contributed by atoms with Crippen molar-refractivity contribution in [2.45, 2.75) is 6.92 Å². The second kappa shape index (κ2) is 6.09. The average molecular weight is 227 g/mol. The lowest BCUT2D eigenvalue weighted by Crippen LogP contribution is -1.80. The zero-order valence-corrected chi connectivity index (χ0v) is 9.03. The van der Waals surface area contributed by atoms with Gasteiger partial charge in [0.15, 0.2) is 0 Å². The van der Waals surface area contributed by atoms with Crippen molar-refractivity contribution in [3.05, 3.63) is 35.6 Å². The van der Waals surface area contributed by atoms with Crippen LogP contribution in [0.25, 0.3) is 11.0 Å². The van der Waals surface area contributed by atoms with Gasteiger partial charge in [-0.1, -0.05) is 11.6 Å². The first-order valence-electron chi connectivity index (χ1n) is 4.46. The molecule has 0 fully saturated rings. The first-order valence-corrected chi connectivity index (χ1v) is 4.83. The number of halogens is 1. The number of furan rings is 1.